The third kappa shape index (κ3) is 4.77. The zero-order chi connectivity index (χ0) is 24.2. The summed E-state index contributed by atoms with van der Waals surface area (Å²) >= 11 is 0. The fourth-order valence-corrected chi connectivity index (χ4v) is 4.71. The van der Waals surface area contributed by atoms with E-state index in [0.717, 1.165) is 22.3 Å². The number of carbonyl (C=O) groups is 3. The van der Waals surface area contributed by atoms with E-state index in [1.54, 1.807) is 11.8 Å². The summed E-state index contributed by atoms with van der Waals surface area (Å²) in [5, 5.41) is 11.9. The van der Waals surface area contributed by atoms with Gasteiger partial charge >= 0.3 is 12.1 Å². The molecule has 8 nitrogen and oxygen atoms in total. The molecular weight excluding hydrogens is 436 g/mol. The maximum Gasteiger partial charge on any atom is 0.407 e. The number of benzene rings is 2. The van der Waals surface area contributed by atoms with Crippen molar-refractivity contribution in [1.82, 2.24) is 10.2 Å². The molecular formula is C26H30N2O6. The van der Waals surface area contributed by atoms with E-state index in [9.17, 15) is 14.4 Å². The van der Waals surface area contributed by atoms with Crippen LogP contribution in [-0.2, 0) is 19.1 Å². The van der Waals surface area contributed by atoms with Gasteiger partial charge in [0.1, 0.15) is 12.6 Å². The molecule has 2 aromatic carbocycles. The maximum atomic E-state index is 12.9. The maximum absolute atomic E-state index is 12.9. The van der Waals surface area contributed by atoms with Gasteiger partial charge in [0, 0.05) is 45.1 Å². The highest BCUT2D eigenvalue weighted by molar-refractivity contribution is 5.86. The zero-order valence-electron chi connectivity index (χ0n) is 19.4. The lowest BCUT2D eigenvalue weighted by Crippen LogP contribution is -2.59. The third-order valence-electron chi connectivity index (χ3n) is 6.86. The first-order valence-electron chi connectivity index (χ1n) is 11.5. The van der Waals surface area contributed by atoms with Crippen LogP contribution in [0.2, 0.25) is 0 Å². The number of nitrogens with one attached hydrogen (secondary N) is 1. The molecule has 2 amide bonds. The first-order valence-corrected chi connectivity index (χ1v) is 11.5. The van der Waals surface area contributed by atoms with Crippen LogP contribution in [-0.4, -0.2) is 67.4 Å². The van der Waals surface area contributed by atoms with Gasteiger partial charge in [-0.1, -0.05) is 55.5 Å². The molecule has 34 heavy (non-hydrogen) atoms. The number of likely N-dealkylation sites (tertiary alicyclic amines) is 1. The Morgan fingerprint density at radius 3 is 2.21 bits per heavy atom. The van der Waals surface area contributed by atoms with Crippen molar-refractivity contribution in [2.45, 2.75) is 25.3 Å². The predicted octanol–water partition coefficient (Wildman–Crippen LogP) is 3.11. The highest BCUT2D eigenvalue weighted by Gasteiger charge is 2.40. The van der Waals surface area contributed by atoms with Crippen LogP contribution in [0.4, 0.5) is 4.79 Å². The third-order valence-corrected chi connectivity index (χ3v) is 6.86. The van der Waals surface area contributed by atoms with E-state index in [4.69, 9.17) is 14.6 Å². The Morgan fingerprint density at radius 1 is 1.06 bits per heavy atom. The minimum atomic E-state index is -0.871. The van der Waals surface area contributed by atoms with Crippen molar-refractivity contribution < 1.29 is 29.0 Å². The molecule has 0 saturated carbocycles. The van der Waals surface area contributed by atoms with E-state index in [0.29, 0.717) is 26.1 Å². The second-order valence-electron chi connectivity index (χ2n) is 8.93. The second kappa shape index (κ2) is 10.3. The molecule has 0 bridgehead atoms. The number of amides is 2. The first kappa shape index (κ1) is 23.8. The SMILES string of the molecule is COCCC(NC(=O)OCC1c2ccccc2-c2ccccc21)C(=O)N1CC(C(C)C(=O)O)C1. The first-order chi connectivity index (χ1) is 16.4. The lowest BCUT2D eigenvalue weighted by Gasteiger charge is -2.42. The highest BCUT2D eigenvalue weighted by Crippen LogP contribution is 2.44. The topological polar surface area (TPSA) is 105 Å². The number of hydrogen-bond acceptors (Lipinski definition) is 5. The monoisotopic (exact) mass is 466 g/mol. The molecule has 1 saturated heterocycles. The smallest absolute Gasteiger partial charge is 0.407 e. The molecule has 8 heteroatoms. The van der Waals surface area contributed by atoms with Gasteiger partial charge in [-0.25, -0.2) is 4.79 Å². The number of carbonyl (C=O) groups excluding carboxylic acids is 2. The van der Waals surface area contributed by atoms with Gasteiger partial charge in [-0.05, 0) is 22.3 Å². The summed E-state index contributed by atoms with van der Waals surface area (Å²) in [5.74, 6) is -1.79. The summed E-state index contributed by atoms with van der Waals surface area (Å²) in [5.41, 5.74) is 4.51. The molecule has 180 valence electrons. The number of carboxylic acid groups (broad SMARTS) is 1. The van der Waals surface area contributed by atoms with E-state index >= 15 is 0 Å². The molecule has 2 N–H and O–H groups in total. The van der Waals surface area contributed by atoms with Crippen LogP contribution in [0, 0.1) is 11.8 Å². The number of ether oxygens (including phenoxy) is 2. The number of nitrogens with zero attached hydrogens (tertiary/aromatic N) is 1. The Bertz CT molecular complexity index is 1020. The van der Waals surface area contributed by atoms with Crippen LogP contribution in [0.1, 0.15) is 30.4 Å². The Hall–Kier alpha value is -3.39. The van der Waals surface area contributed by atoms with Crippen molar-refractivity contribution in [2.24, 2.45) is 11.8 Å². The van der Waals surface area contributed by atoms with Gasteiger partial charge in [0.05, 0.1) is 5.92 Å². The number of methoxy groups -OCH3 is 1. The molecule has 1 aliphatic carbocycles. The Kier molecular flexibility index (Phi) is 7.17. The van der Waals surface area contributed by atoms with Crippen molar-refractivity contribution in [2.75, 3.05) is 33.4 Å². The Labute approximate surface area is 198 Å². The lowest BCUT2D eigenvalue weighted by molar-refractivity contribution is -0.151. The number of hydrogen-bond donors (Lipinski definition) is 2. The van der Waals surface area contributed by atoms with Crippen LogP contribution in [0.3, 0.4) is 0 Å². The van der Waals surface area contributed by atoms with E-state index in [1.807, 2.05) is 36.4 Å². The van der Waals surface area contributed by atoms with Crippen LogP contribution in [0.15, 0.2) is 48.5 Å². The summed E-state index contributed by atoms with van der Waals surface area (Å²) < 4.78 is 10.7. The van der Waals surface area contributed by atoms with Gasteiger partial charge in [-0.15, -0.1) is 0 Å². The van der Waals surface area contributed by atoms with Gasteiger partial charge in [-0.3, -0.25) is 9.59 Å². The number of alkyl carbamates (subject to hydrolysis) is 1. The molecule has 2 aliphatic rings. The van der Waals surface area contributed by atoms with Crippen LogP contribution in [0.25, 0.3) is 11.1 Å². The number of rotatable bonds is 9. The lowest BCUT2D eigenvalue weighted by atomic mass is 9.86. The number of aliphatic carboxylic acids is 1. The largest absolute Gasteiger partial charge is 0.481 e. The number of carboxylic acids is 1. The second-order valence-corrected chi connectivity index (χ2v) is 8.93. The quantitative estimate of drug-likeness (QED) is 0.588. The molecule has 2 atom stereocenters. The normalized spacial score (nSPS) is 16.7. The van der Waals surface area contributed by atoms with Crippen molar-refractivity contribution in [1.29, 1.82) is 0 Å². The summed E-state index contributed by atoms with van der Waals surface area (Å²) in [4.78, 5) is 38.4. The molecule has 1 fully saturated rings. The molecule has 0 radical (unpaired) electrons. The number of fused-ring (bicyclic) bond motifs is 3. The van der Waals surface area contributed by atoms with Gasteiger partial charge in [-0.2, -0.15) is 0 Å². The van der Waals surface area contributed by atoms with Gasteiger partial charge in [0.25, 0.3) is 0 Å². The van der Waals surface area contributed by atoms with Gasteiger partial charge in [0.2, 0.25) is 5.91 Å². The van der Waals surface area contributed by atoms with Crippen molar-refractivity contribution >= 4 is 18.0 Å². The van der Waals surface area contributed by atoms with Crippen molar-refractivity contribution in [3.05, 3.63) is 59.7 Å². The molecule has 0 spiro atoms. The average molecular weight is 467 g/mol. The van der Waals surface area contributed by atoms with Crippen LogP contribution < -0.4 is 5.32 Å². The Morgan fingerprint density at radius 2 is 1.65 bits per heavy atom. The van der Waals surface area contributed by atoms with Gasteiger partial charge in [0.15, 0.2) is 0 Å². The standard InChI is InChI=1S/C26H30N2O6/c1-16(25(30)31)17-13-28(14-17)24(29)23(11-12-33-2)27-26(32)34-15-22-20-9-5-3-7-18(20)19-8-4-6-10-21(19)22/h3-10,16-17,22-23H,11-15H2,1-2H3,(H,27,32)(H,30,31). The molecule has 1 heterocycles. The summed E-state index contributed by atoms with van der Waals surface area (Å²) in [7, 11) is 1.53. The average Bonchev–Trinajstić information content (AvgIpc) is 3.13. The predicted molar refractivity (Wildman–Crippen MR) is 125 cm³/mol. The molecule has 0 aromatic heterocycles. The fraction of sp³-hybridized carbons (Fsp3) is 0.423. The molecule has 2 unspecified atom stereocenters. The van der Waals surface area contributed by atoms with Crippen LogP contribution in [0.5, 0.6) is 0 Å². The summed E-state index contributed by atoms with van der Waals surface area (Å²) in [6, 6.07) is 15.4. The van der Waals surface area contributed by atoms with Crippen molar-refractivity contribution in [3.63, 3.8) is 0 Å². The summed E-state index contributed by atoms with van der Waals surface area (Å²) in [6.45, 7) is 2.83. The highest BCUT2D eigenvalue weighted by atomic mass is 16.5. The molecule has 1 aliphatic heterocycles. The van der Waals surface area contributed by atoms with E-state index < -0.39 is 24.0 Å². The Balaban J connectivity index is 1.37. The van der Waals surface area contributed by atoms with E-state index in [-0.39, 0.29) is 24.3 Å². The summed E-state index contributed by atoms with van der Waals surface area (Å²) in [6.07, 6.45) is -0.359. The van der Waals surface area contributed by atoms with Gasteiger partial charge < -0.3 is 24.8 Å². The van der Waals surface area contributed by atoms with Crippen LogP contribution >= 0.6 is 0 Å². The fourth-order valence-electron chi connectivity index (χ4n) is 4.71. The molecule has 2 aromatic rings. The van der Waals surface area contributed by atoms with E-state index in [2.05, 4.69) is 17.4 Å². The minimum absolute atomic E-state index is 0.0695. The van der Waals surface area contributed by atoms with E-state index in [1.165, 1.54) is 7.11 Å². The minimum Gasteiger partial charge on any atom is -0.481 e. The molecule has 4 rings (SSSR count). The van der Waals surface area contributed by atoms with Crippen molar-refractivity contribution in [3.8, 4) is 11.1 Å². The zero-order valence-corrected chi connectivity index (χ0v) is 19.4.